The molecule has 1 atom stereocenters. The van der Waals surface area contributed by atoms with Gasteiger partial charge in [-0.15, -0.1) is 0 Å². The normalized spacial score (nSPS) is 12.2. The molecule has 4 aromatic rings. The number of fused-ring (bicyclic) bond motifs is 1. The third-order valence-corrected chi connectivity index (χ3v) is 4.75. The lowest BCUT2D eigenvalue weighted by atomic mass is 10.1. The van der Waals surface area contributed by atoms with Gasteiger partial charge in [-0.1, -0.05) is 36.4 Å². The van der Waals surface area contributed by atoms with E-state index in [-0.39, 0.29) is 11.9 Å². The minimum atomic E-state index is -0.265. The monoisotopic (exact) mass is 359 g/mol. The number of hydrogen-bond donors (Lipinski definition) is 1. The summed E-state index contributed by atoms with van der Waals surface area (Å²) < 4.78 is 7.36. The van der Waals surface area contributed by atoms with Crippen LogP contribution in [0.5, 0.6) is 0 Å². The highest BCUT2D eigenvalue weighted by atomic mass is 16.3. The van der Waals surface area contributed by atoms with Crippen LogP contribution in [-0.2, 0) is 6.54 Å². The number of amides is 1. The maximum atomic E-state index is 12.4. The van der Waals surface area contributed by atoms with Gasteiger partial charge in [0.25, 0.3) is 5.91 Å². The predicted molar refractivity (Wildman–Crippen MR) is 105 cm³/mol. The average molecular weight is 359 g/mol. The molecule has 2 aromatic heterocycles. The van der Waals surface area contributed by atoms with E-state index in [9.17, 15) is 4.79 Å². The number of nitrogens with one attached hydrogen (secondary N) is 1. The van der Waals surface area contributed by atoms with E-state index in [1.807, 2.05) is 37.3 Å². The number of carbonyl (C=O) groups is 1. The van der Waals surface area contributed by atoms with Crippen LogP contribution in [-0.4, -0.2) is 15.5 Å². The van der Waals surface area contributed by atoms with Crippen LogP contribution in [0, 0.1) is 6.92 Å². The number of rotatable bonds is 5. The van der Waals surface area contributed by atoms with Gasteiger partial charge in [-0.2, -0.15) is 0 Å². The van der Waals surface area contributed by atoms with Gasteiger partial charge in [-0.05, 0) is 49.2 Å². The molecule has 0 aliphatic carbocycles. The van der Waals surface area contributed by atoms with Gasteiger partial charge in [0.15, 0.2) is 5.76 Å². The summed E-state index contributed by atoms with van der Waals surface area (Å²) in [5, 5.41) is 2.98. The number of para-hydroxylation sites is 2. The van der Waals surface area contributed by atoms with Crippen molar-refractivity contribution in [2.24, 2.45) is 0 Å². The molecule has 0 saturated carbocycles. The summed E-state index contributed by atoms with van der Waals surface area (Å²) in [6.07, 6.45) is 1.49. The second-order valence-corrected chi connectivity index (χ2v) is 6.64. The van der Waals surface area contributed by atoms with Crippen LogP contribution in [0.15, 0.2) is 71.3 Å². The van der Waals surface area contributed by atoms with Crippen LogP contribution < -0.4 is 5.32 Å². The molecule has 0 bridgehead atoms. The maximum Gasteiger partial charge on any atom is 0.287 e. The lowest BCUT2D eigenvalue weighted by Crippen LogP contribution is -2.28. The van der Waals surface area contributed by atoms with Crippen molar-refractivity contribution in [3.8, 4) is 0 Å². The molecule has 27 heavy (non-hydrogen) atoms. The van der Waals surface area contributed by atoms with E-state index < -0.39 is 0 Å². The molecule has 0 unspecified atom stereocenters. The van der Waals surface area contributed by atoms with Gasteiger partial charge < -0.3 is 14.3 Å². The Balaban J connectivity index is 1.71. The van der Waals surface area contributed by atoms with Crippen LogP contribution >= 0.6 is 0 Å². The Morgan fingerprint density at radius 3 is 2.67 bits per heavy atom. The first-order chi connectivity index (χ1) is 13.1. The van der Waals surface area contributed by atoms with Crippen molar-refractivity contribution in [3.63, 3.8) is 0 Å². The summed E-state index contributed by atoms with van der Waals surface area (Å²) >= 11 is 0. The Morgan fingerprint density at radius 1 is 1.11 bits per heavy atom. The molecule has 0 fully saturated rings. The highest BCUT2D eigenvalue weighted by molar-refractivity contribution is 5.91. The van der Waals surface area contributed by atoms with Gasteiger partial charge in [0.2, 0.25) is 0 Å². The van der Waals surface area contributed by atoms with Crippen molar-refractivity contribution in [3.05, 3.63) is 89.6 Å². The summed E-state index contributed by atoms with van der Waals surface area (Å²) in [5.74, 6) is 0.866. The molecule has 4 rings (SSSR count). The molecular formula is C22H21N3O2. The molecule has 2 heterocycles. The second kappa shape index (κ2) is 7.11. The zero-order chi connectivity index (χ0) is 18.8. The van der Waals surface area contributed by atoms with Gasteiger partial charge in [-0.25, -0.2) is 4.98 Å². The molecule has 136 valence electrons. The first-order valence-electron chi connectivity index (χ1n) is 8.97. The summed E-state index contributed by atoms with van der Waals surface area (Å²) in [5.41, 5.74) is 4.43. The molecule has 2 aromatic carbocycles. The Hall–Kier alpha value is -3.34. The number of hydrogen-bond acceptors (Lipinski definition) is 3. The van der Waals surface area contributed by atoms with E-state index in [0.29, 0.717) is 12.3 Å². The Morgan fingerprint density at radius 2 is 1.89 bits per heavy atom. The smallest absolute Gasteiger partial charge is 0.287 e. The number of nitrogens with zero attached hydrogens (tertiary/aromatic N) is 2. The molecular weight excluding hydrogens is 338 g/mol. The van der Waals surface area contributed by atoms with Crippen LogP contribution in [0.4, 0.5) is 0 Å². The van der Waals surface area contributed by atoms with E-state index in [1.54, 1.807) is 12.1 Å². The fraction of sp³-hybridized carbons (Fsp3) is 0.182. The van der Waals surface area contributed by atoms with E-state index >= 15 is 0 Å². The van der Waals surface area contributed by atoms with Gasteiger partial charge >= 0.3 is 0 Å². The van der Waals surface area contributed by atoms with Crippen molar-refractivity contribution >= 4 is 16.9 Å². The molecule has 1 N–H and O–H groups in total. The van der Waals surface area contributed by atoms with Crippen molar-refractivity contribution in [2.45, 2.75) is 26.4 Å². The minimum absolute atomic E-state index is 0.248. The second-order valence-electron chi connectivity index (χ2n) is 6.64. The molecule has 0 aliphatic heterocycles. The number of carbonyl (C=O) groups excluding carboxylic acids is 1. The molecule has 5 nitrogen and oxygen atoms in total. The van der Waals surface area contributed by atoms with Gasteiger partial charge in [-0.3, -0.25) is 4.79 Å². The fourth-order valence-electron chi connectivity index (χ4n) is 3.29. The molecule has 5 heteroatoms. The summed E-state index contributed by atoms with van der Waals surface area (Å²) in [4.78, 5) is 17.2. The van der Waals surface area contributed by atoms with Crippen molar-refractivity contribution < 1.29 is 9.21 Å². The van der Waals surface area contributed by atoms with Crippen molar-refractivity contribution in [1.29, 1.82) is 0 Å². The SMILES string of the molecule is Cc1ccccc1Cn1c([C@H](C)NC(=O)c2ccco2)nc2ccccc21. The van der Waals surface area contributed by atoms with E-state index in [0.717, 1.165) is 16.9 Å². The Bertz CT molecular complexity index is 1080. The molecule has 0 spiro atoms. The number of furan rings is 1. The van der Waals surface area contributed by atoms with Crippen LogP contribution in [0.3, 0.4) is 0 Å². The zero-order valence-electron chi connectivity index (χ0n) is 15.3. The van der Waals surface area contributed by atoms with Crippen LogP contribution in [0.25, 0.3) is 11.0 Å². The highest BCUT2D eigenvalue weighted by Crippen LogP contribution is 2.23. The minimum Gasteiger partial charge on any atom is -0.459 e. The predicted octanol–water partition coefficient (Wildman–Crippen LogP) is 4.48. The molecule has 0 saturated heterocycles. The van der Waals surface area contributed by atoms with Gasteiger partial charge in [0.1, 0.15) is 5.82 Å². The lowest BCUT2D eigenvalue weighted by molar-refractivity contribution is 0.0909. The highest BCUT2D eigenvalue weighted by Gasteiger charge is 2.20. The molecule has 0 aliphatic rings. The molecule has 1 amide bonds. The fourth-order valence-corrected chi connectivity index (χ4v) is 3.29. The number of imidazole rings is 1. The summed E-state index contributed by atoms with van der Waals surface area (Å²) in [6.45, 7) is 4.75. The third-order valence-electron chi connectivity index (χ3n) is 4.75. The largest absolute Gasteiger partial charge is 0.459 e. The number of benzene rings is 2. The average Bonchev–Trinajstić information content (AvgIpc) is 3.32. The first kappa shape index (κ1) is 17.1. The van der Waals surface area contributed by atoms with Gasteiger partial charge in [0, 0.05) is 6.54 Å². The molecule has 0 radical (unpaired) electrons. The van der Waals surface area contributed by atoms with E-state index in [2.05, 4.69) is 35.0 Å². The van der Waals surface area contributed by atoms with Crippen molar-refractivity contribution in [2.75, 3.05) is 0 Å². The van der Waals surface area contributed by atoms with Crippen LogP contribution in [0.1, 0.15) is 40.5 Å². The van der Waals surface area contributed by atoms with Crippen molar-refractivity contribution in [1.82, 2.24) is 14.9 Å². The summed E-state index contributed by atoms with van der Waals surface area (Å²) in [7, 11) is 0. The zero-order valence-corrected chi connectivity index (χ0v) is 15.3. The Labute approximate surface area is 157 Å². The Kier molecular flexibility index (Phi) is 4.50. The topological polar surface area (TPSA) is 60.1 Å². The number of aromatic nitrogens is 2. The van der Waals surface area contributed by atoms with Gasteiger partial charge in [0.05, 0.1) is 23.3 Å². The standard InChI is InChI=1S/C22H21N3O2/c1-15-8-3-4-9-17(15)14-25-19-11-6-5-10-18(19)24-21(25)16(2)23-22(26)20-12-7-13-27-20/h3-13,16H,14H2,1-2H3,(H,23,26)/t16-/m0/s1. The third kappa shape index (κ3) is 3.36. The first-order valence-corrected chi connectivity index (χ1v) is 8.97. The quantitative estimate of drug-likeness (QED) is 0.572. The number of aryl methyl sites for hydroxylation is 1. The van der Waals surface area contributed by atoms with E-state index in [4.69, 9.17) is 9.40 Å². The van der Waals surface area contributed by atoms with Crippen LogP contribution in [0.2, 0.25) is 0 Å². The lowest BCUT2D eigenvalue weighted by Gasteiger charge is -2.17. The maximum absolute atomic E-state index is 12.4. The summed E-state index contributed by atoms with van der Waals surface area (Å²) in [6, 6.07) is 19.4. The van der Waals surface area contributed by atoms with E-state index in [1.165, 1.54) is 17.4 Å².